The first kappa shape index (κ1) is 13.2. The zero-order valence-corrected chi connectivity index (χ0v) is 11.2. The van der Waals surface area contributed by atoms with E-state index in [4.69, 9.17) is 0 Å². The normalized spacial score (nSPS) is 20.1. The lowest BCUT2D eigenvalue weighted by Gasteiger charge is -2.14. The van der Waals surface area contributed by atoms with Crippen LogP contribution >= 0.6 is 0 Å². The highest BCUT2D eigenvalue weighted by Gasteiger charge is 2.22. The number of aliphatic imine (C=N–C) groups is 1. The third-order valence-corrected chi connectivity index (χ3v) is 3.32. The maximum atomic E-state index is 11.8. The van der Waals surface area contributed by atoms with Gasteiger partial charge in [0.1, 0.15) is 0 Å². The zero-order chi connectivity index (χ0) is 12.8. The molecule has 0 aromatic rings. The van der Waals surface area contributed by atoms with E-state index in [1.807, 2.05) is 4.90 Å². The lowest BCUT2D eigenvalue weighted by atomic mass is 10.4. The molecule has 2 aliphatic rings. The van der Waals surface area contributed by atoms with Crippen LogP contribution in [0, 0.1) is 0 Å². The average molecular weight is 252 g/mol. The van der Waals surface area contributed by atoms with E-state index < -0.39 is 0 Å². The number of rotatable bonds is 5. The van der Waals surface area contributed by atoms with E-state index in [0.717, 1.165) is 38.4 Å². The lowest BCUT2D eigenvalue weighted by Crippen LogP contribution is -2.38. The Hall–Kier alpha value is -1.26. The fourth-order valence-corrected chi connectivity index (χ4v) is 2.13. The van der Waals surface area contributed by atoms with Crippen molar-refractivity contribution in [1.82, 2.24) is 15.5 Å². The van der Waals surface area contributed by atoms with Gasteiger partial charge in [0.15, 0.2) is 5.96 Å². The molecule has 0 bridgehead atoms. The molecule has 5 nitrogen and oxygen atoms in total. The minimum absolute atomic E-state index is 0.249. The Balaban J connectivity index is 1.70. The van der Waals surface area contributed by atoms with Crippen LogP contribution < -0.4 is 10.6 Å². The van der Waals surface area contributed by atoms with Gasteiger partial charge < -0.3 is 15.5 Å². The number of hydrogen-bond acceptors (Lipinski definition) is 2. The molecule has 0 radical (unpaired) electrons. The Morgan fingerprint density at radius 2 is 2.06 bits per heavy atom. The molecule has 1 aliphatic heterocycles. The van der Waals surface area contributed by atoms with Gasteiger partial charge in [-0.05, 0) is 32.6 Å². The van der Waals surface area contributed by atoms with Crippen LogP contribution in [0.2, 0.25) is 0 Å². The summed E-state index contributed by atoms with van der Waals surface area (Å²) in [5.74, 6) is 1.10. The standard InChI is InChI=1S/C13H24N4O/c1-2-14-13(16-11-5-6-11)15-8-7-12(18)17-9-3-4-10-17/h11H,2-10H2,1H3,(H2,14,15,16). The summed E-state index contributed by atoms with van der Waals surface area (Å²) in [5, 5.41) is 6.56. The van der Waals surface area contributed by atoms with E-state index >= 15 is 0 Å². The number of hydrogen-bond donors (Lipinski definition) is 2. The molecule has 1 amide bonds. The van der Waals surface area contributed by atoms with Gasteiger partial charge in [0.05, 0.1) is 6.54 Å². The number of likely N-dealkylation sites (tertiary alicyclic amines) is 1. The van der Waals surface area contributed by atoms with Crippen molar-refractivity contribution in [2.75, 3.05) is 26.2 Å². The molecular weight excluding hydrogens is 228 g/mol. The third-order valence-electron chi connectivity index (χ3n) is 3.32. The number of nitrogens with zero attached hydrogens (tertiary/aromatic N) is 2. The molecule has 0 unspecified atom stereocenters. The molecule has 0 aromatic heterocycles. The minimum atomic E-state index is 0.249. The van der Waals surface area contributed by atoms with Crippen molar-refractivity contribution in [3.63, 3.8) is 0 Å². The molecule has 0 spiro atoms. The molecule has 2 rings (SSSR count). The first-order valence-electron chi connectivity index (χ1n) is 7.12. The van der Waals surface area contributed by atoms with Gasteiger partial charge in [-0.1, -0.05) is 0 Å². The van der Waals surface area contributed by atoms with Gasteiger partial charge in [0.25, 0.3) is 0 Å². The summed E-state index contributed by atoms with van der Waals surface area (Å²) >= 11 is 0. The van der Waals surface area contributed by atoms with Crippen molar-refractivity contribution in [3.8, 4) is 0 Å². The molecule has 1 saturated carbocycles. The average Bonchev–Trinajstić information content (AvgIpc) is 3.00. The van der Waals surface area contributed by atoms with Gasteiger partial charge >= 0.3 is 0 Å². The van der Waals surface area contributed by atoms with Crippen LogP contribution in [-0.4, -0.2) is 49.0 Å². The predicted molar refractivity (Wildman–Crippen MR) is 72.6 cm³/mol. The topological polar surface area (TPSA) is 56.7 Å². The quantitative estimate of drug-likeness (QED) is 0.560. The number of amides is 1. The first-order valence-corrected chi connectivity index (χ1v) is 7.12. The molecule has 2 fully saturated rings. The van der Waals surface area contributed by atoms with E-state index in [0.29, 0.717) is 19.0 Å². The summed E-state index contributed by atoms with van der Waals surface area (Å²) in [5.41, 5.74) is 0. The second-order valence-corrected chi connectivity index (χ2v) is 5.02. The molecule has 102 valence electrons. The molecule has 1 saturated heterocycles. The minimum Gasteiger partial charge on any atom is -0.357 e. The molecule has 1 heterocycles. The Morgan fingerprint density at radius 1 is 1.33 bits per heavy atom. The summed E-state index contributed by atoms with van der Waals surface area (Å²) < 4.78 is 0. The number of carbonyl (C=O) groups excluding carboxylic acids is 1. The molecule has 18 heavy (non-hydrogen) atoms. The van der Waals surface area contributed by atoms with Crippen LogP contribution in [0.4, 0.5) is 0 Å². The van der Waals surface area contributed by atoms with Crippen LogP contribution in [0.15, 0.2) is 4.99 Å². The molecule has 0 aromatic carbocycles. The second-order valence-electron chi connectivity index (χ2n) is 5.02. The molecule has 2 N–H and O–H groups in total. The summed E-state index contributed by atoms with van der Waals surface area (Å²) in [7, 11) is 0. The largest absolute Gasteiger partial charge is 0.357 e. The smallest absolute Gasteiger partial charge is 0.224 e. The van der Waals surface area contributed by atoms with Gasteiger partial charge in [-0.25, -0.2) is 0 Å². The van der Waals surface area contributed by atoms with Gasteiger partial charge in [-0.3, -0.25) is 9.79 Å². The van der Waals surface area contributed by atoms with E-state index in [1.165, 1.54) is 12.8 Å². The predicted octanol–water partition coefficient (Wildman–Crippen LogP) is 0.716. The van der Waals surface area contributed by atoms with Crippen molar-refractivity contribution in [2.24, 2.45) is 4.99 Å². The van der Waals surface area contributed by atoms with Crippen molar-refractivity contribution >= 4 is 11.9 Å². The van der Waals surface area contributed by atoms with Crippen molar-refractivity contribution in [3.05, 3.63) is 0 Å². The molecule has 0 atom stereocenters. The van der Waals surface area contributed by atoms with Crippen molar-refractivity contribution in [1.29, 1.82) is 0 Å². The molecule has 5 heteroatoms. The highest BCUT2D eigenvalue weighted by atomic mass is 16.2. The maximum Gasteiger partial charge on any atom is 0.224 e. The number of guanidine groups is 1. The Kier molecular flexibility index (Phi) is 4.84. The number of nitrogens with one attached hydrogen (secondary N) is 2. The van der Waals surface area contributed by atoms with Crippen LogP contribution in [0.5, 0.6) is 0 Å². The van der Waals surface area contributed by atoms with Crippen LogP contribution in [-0.2, 0) is 4.79 Å². The van der Waals surface area contributed by atoms with E-state index in [-0.39, 0.29) is 5.91 Å². The van der Waals surface area contributed by atoms with Crippen molar-refractivity contribution in [2.45, 2.75) is 45.1 Å². The van der Waals surface area contributed by atoms with Gasteiger partial charge in [0.2, 0.25) is 5.91 Å². The van der Waals surface area contributed by atoms with Gasteiger partial charge in [0, 0.05) is 32.1 Å². The Bertz CT molecular complexity index is 306. The van der Waals surface area contributed by atoms with Crippen LogP contribution in [0.3, 0.4) is 0 Å². The highest BCUT2D eigenvalue weighted by molar-refractivity contribution is 5.81. The molecular formula is C13H24N4O. The number of carbonyl (C=O) groups is 1. The summed E-state index contributed by atoms with van der Waals surface area (Å²) in [4.78, 5) is 18.2. The Morgan fingerprint density at radius 3 is 2.67 bits per heavy atom. The molecule has 1 aliphatic carbocycles. The third kappa shape index (κ3) is 4.20. The lowest BCUT2D eigenvalue weighted by molar-refractivity contribution is -0.129. The fourth-order valence-electron chi connectivity index (χ4n) is 2.13. The second kappa shape index (κ2) is 6.61. The van der Waals surface area contributed by atoms with E-state index in [9.17, 15) is 4.79 Å². The van der Waals surface area contributed by atoms with Crippen LogP contribution in [0.25, 0.3) is 0 Å². The zero-order valence-electron chi connectivity index (χ0n) is 11.2. The summed E-state index contributed by atoms with van der Waals surface area (Å²) in [6, 6.07) is 0.595. The summed E-state index contributed by atoms with van der Waals surface area (Å²) in [6.45, 7) is 5.36. The monoisotopic (exact) mass is 252 g/mol. The SMILES string of the molecule is CCNC(=NCCC(=O)N1CCCC1)NC1CC1. The summed E-state index contributed by atoms with van der Waals surface area (Å²) in [6.07, 6.45) is 5.30. The fraction of sp³-hybridized carbons (Fsp3) is 0.846. The van der Waals surface area contributed by atoms with E-state index in [1.54, 1.807) is 0 Å². The van der Waals surface area contributed by atoms with Gasteiger partial charge in [-0.15, -0.1) is 0 Å². The Labute approximate surface area is 109 Å². The first-order chi connectivity index (χ1) is 8.79. The van der Waals surface area contributed by atoms with E-state index in [2.05, 4.69) is 22.5 Å². The van der Waals surface area contributed by atoms with Gasteiger partial charge in [-0.2, -0.15) is 0 Å². The van der Waals surface area contributed by atoms with Crippen LogP contribution in [0.1, 0.15) is 39.0 Å². The highest BCUT2D eigenvalue weighted by Crippen LogP contribution is 2.18. The maximum absolute atomic E-state index is 11.8. The van der Waals surface area contributed by atoms with Crippen molar-refractivity contribution < 1.29 is 4.79 Å².